The second-order valence-electron chi connectivity index (χ2n) is 4.39. The fraction of sp³-hybridized carbons (Fsp3) is 0.143. The van der Waals surface area contributed by atoms with E-state index in [0.717, 1.165) is 5.56 Å². The third kappa shape index (κ3) is 4.74. The van der Waals surface area contributed by atoms with Crippen molar-refractivity contribution in [2.75, 3.05) is 0 Å². The van der Waals surface area contributed by atoms with Crippen molar-refractivity contribution in [2.24, 2.45) is 15.9 Å². The molecular weight excluding hydrogens is 304 g/mol. The second-order valence-corrected chi connectivity index (χ2v) is 5.39. The SMILES string of the molecule is Cc1ccc(CS/C(N)=N/N=C/c2ccc([N+](=O)[O-])o2)cc1. The summed E-state index contributed by atoms with van der Waals surface area (Å²) in [6.45, 7) is 2.03. The zero-order chi connectivity index (χ0) is 15.9. The van der Waals surface area contributed by atoms with Crippen LogP contribution in [0.4, 0.5) is 5.88 Å². The predicted octanol–water partition coefficient (Wildman–Crippen LogP) is 3.08. The van der Waals surface area contributed by atoms with Gasteiger partial charge < -0.3 is 10.2 Å². The Labute approximate surface area is 131 Å². The van der Waals surface area contributed by atoms with E-state index in [1.807, 2.05) is 31.2 Å². The van der Waals surface area contributed by atoms with Crippen molar-refractivity contribution >= 4 is 29.0 Å². The highest BCUT2D eigenvalue weighted by Gasteiger charge is 2.10. The molecule has 22 heavy (non-hydrogen) atoms. The summed E-state index contributed by atoms with van der Waals surface area (Å²) >= 11 is 1.36. The van der Waals surface area contributed by atoms with Crippen molar-refractivity contribution in [3.8, 4) is 0 Å². The minimum atomic E-state index is -0.619. The number of furan rings is 1. The number of benzene rings is 1. The fourth-order valence-electron chi connectivity index (χ4n) is 1.52. The lowest BCUT2D eigenvalue weighted by atomic mass is 10.2. The lowest BCUT2D eigenvalue weighted by molar-refractivity contribution is -0.402. The highest BCUT2D eigenvalue weighted by Crippen LogP contribution is 2.15. The highest BCUT2D eigenvalue weighted by atomic mass is 32.2. The Kier molecular flexibility index (Phi) is 5.31. The van der Waals surface area contributed by atoms with Gasteiger partial charge in [0.1, 0.15) is 4.92 Å². The van der Waals surface area contributed by atoms with Crippen molar-refractivity contribution in [1.29, 1.82) is 0 Å². The molecule has 1 aromatic carbocycles. The predicted molar refractivity (Wildman–Crippen MR) is 87.1 cm³/mol. The van der Waals surface area contributed by atoms with Gasteiger partial charge in [-0.3, -0.25) is 10.1 Å². The van der Waals surface area contributed by atoms with Crippen LogP contribution in [0, 0.1) is 17.0 Å². The first-order valence-electron chi connectivity index (χ1n) is 6.33. The quantitative estimate of drug-likeness (QED) is 0.394. The largest absolute Gasteiger partial charge is 0.433 e. The Hall–Kier alpha value is -2.61. The minimum absolute atomic E-state index is 0.242. The van der Waals surface area contributed by atoms with Gasteiger partial charge in [0.25, 0.3) is 0 Å². The first-order valence-corrected chi connectivity index (χ1v) is 7.32. The monoisotopic (exact) mass is 318 g/mol. The maximum atomic E-state index is 10.5. The summed E-state index contributed by atoms with van der Waals surface area (Å²) in [7, 11) is 0. The summed E-state index contributed by atoms with van der Waals surface area (Å²) in [4.78, 5) is 9.83. The molecule has 0 aliphatic heterocycles. The molecule has 0 unspecified atom stereocenters. The Balaban J connectivity index is 1.87. The van der Waals surface area contributed by atoms with Crippen LogP contribution in [-0.2, 0) is 5.75 Å². The highest BCUT2D eigenvalue weighted by molar-refractivity contribution is 8.13. The van der Waals surface area contributed by atoms with Crippen molar-refractivity contribution in [3.05, 3.63) is 63.4 Å². The van der Waals surface area contributed by atoms with Gasteiger partial charge in [-0.15, -0.1) is 5.10 Å². The molecule has 0 aliphatic carbocycles. The van der Waals surface area contributed by atoms with Crippen LogP contribution in [-0.4, -0.2) is 16.3 Å². The number of hydrogen-bond acceptors (Lipinski definition) is 6. The van der Waals surface area contributed by atoms with E-state index < -0.39 is 4.92 Å². The lowest BCUT2D eigenvalue weighted by Crippen LogP contribution is -2.06. The van der Waals surface area contributed by atoms with Crippen molar-refractivity contribution in [2.45, 2.75) is 12.7 Å². The Morgan fingerprint density at radius 3 is 2.73 bits per heavy atom. The molecule has 7 nitrogen and oxygen atoms in total. The normalized spacial score (nSPS) is 12.0. The molecule has 0 amide bonds. The molecule has 8 heteroatoms. The van der Waals surface area contributed by atoms with Crippen LogP contribution in [0.1, 0.15) is 16.9 Å². The van der Waals surface area contributed by atoms with Crippen LogP contribution in [0.5, 0.6) is 0 Å². The molecule has 1 aromatic heterocycles. The third-order valence-electron chi connectivity index (χ3n) is 2.64. The first-order chi connectivity index (χ1) is 10.5. The van der Waals surface area contributed by atoms with Crippen molar-refractivity contribution in [3.63, 3.8) is 0 Å². The summed E-state index contributed by atoms with van der Waals surface area (Å²) in [5, 5.41) is 18.3. The average Bonchev–Trinajstić information content (AvgIpc) is 2.96. The molecule has 114 valence electrons. The maximum absolute atomic E-state index is 10.5. The zero-order valence-corrected chi connectivity index (χ0v) is 12.6. The fourth-order valence-corrected chi connectivity index (χ4v) is 2.13. The van der Waals surface area contributed by atoms with Gasteiger partial charge >= 0.3 is 5.88 Å². The maximum Gasteiger partial charge on any atom is 0.433 e. The van der Waals surface area contributed by atoms with Gasteiger partial charge in [0, 0.05) is 5.75 Å². The van der Waals surface area contributed by atoms with E-state index in [-0.39, 0.29) is 11.6 Å². The average molecular weight is 318 g/mol. The molecule has 2 aromatic rings. The summed E-state index contributed by atoms with van der Waals surface area (Å²) in [5.41, 5.74) is 8.07. The number of nitrogens with zero attached hydrogens (tertiary/aromatic N) is 3. The van der Waals surface area contributed by atoms with Crippen LogP contribution >= 0.6 is 11.8 Å². The summed E-state index contributed by atoms with van der Waals surface area (Å²) in [5.74, 6) is 0.594. The van der Waals surface area contributed by atoms with Gasteiger partial charge in [-0.05, 0) is 18.6 Å². The molecule has 0 saturated heterocycles. The van der Waals surface area contributed by atoms with Crippen LogP contribution in [0.2, 0.25) is 0 Å². The van der Waals surface area contributed by atoms with E-state index in [1.165, 1.54) is 35.7 Å². The Bertz CT molecular complexity index is 707. The topological polar surface area (TPSA) is 107 Å². The van der Waals surface area contributed by atoms with Gasteiger partial charge in [0.15, 0.2) is 10.9 Å². The molecule has 2 rings (SSSR count). The molecule has 0 radical (unpaired) electrons. The molecule has 2 N–H and O–H groups in total. The van der Waals surface area contributed by atoms with E-state index >= 15 is 0 Å². The summed E-state index contributed by atoms with van der Waals surface area (Å²) in [6.07, 6.45) is 1.27. The van der Waals surface area contributed by atoms with E-state index in [0.29, 0.717) is 10.9 Å². The Morgan fingerprint density at radius 1 is 1.36 bits per heavy atom. The van der Waals surface area contributed by atoms with E-state index in [2.05, 4.69) is 10.2 Å². The molecule has 0 atom stereocenters. The smallest absolute Gasteiger partial charge is 0.400 e. The van der Waals surface area contributed by atoms with Crippen LogP contribution in [0.25, 0.3) is 0 Å². The minimum Gasteiger partial charge on any atom is -0.400 e. The Morgan fingerprint density at radius 2 is 2.09 bits per heavy atom. The molecule has 0 fully saturated rings. The van der Waals surface area contributed by atoms with Crippen LogP contribution < -0.4 is 5.73 Å². The number of amidine groups is 1. The number of nitrogens with two attached hydrogens (primary N) is 1. The van der Waals surface area contributed by atoms with E-state index in [1.54, 1.807) is 0 Å². The summed E-state index contributed by atoms with van der Waals surface area (Å²) in [6, 6.07) is 10.8. The van der Waals surface area contributed by atoms with Gasteiger partial charge in [-0.2, -0.15) is 5.10 Å². The number of hydrogen-bond donors (Lipinski definition) is 1. The number of rotatable bonds is 5. The molecule has 1 heterocycles. The lowest BCUT2D eigenvalue weighted by Gasteiger charge is -2.00. The number of nitro groups is 1. The molecule has 0 spiro atoms. The third-order valence-corrected chi connectivity index (χ3v) is 3.50. The van der Waals surface area contributed by atoms with Crippen molar-refractivity contribution in [1.82, 2.24) is 0 Å². The number of thioether (sulfide) groups is 1. The molecule has 0 bridgehead atoms. The van der Waals surface area contributed by atoms with Gasteiger partial charge in [-0.25, -0.2) is 0 Å². The second kappa shape index (κ2) is 7.41. The van der Waals surface area contributed by atoms with E-state index in [4.69, 9.17) is 10.2 Å². The van der Waals surface area contributed by atoms with Crippen molar-refractivity contribution < 1.29 is 9.34 Å². The first kappa shape index (κ1) is 15.8. The standard InChI is InChI=1S/C14H14N4O3S/c1-10-2-4-11(5-3-10)9-22-14(15)17-16-8-12-6-7-13(21-12)18(19)20/h2-8H,9H2,1H3,(H2,15,17)/b16-8+. The van der Waals surface area contributed by atoms with Crippen LogP contribution in [0.15, 0.2) is 51.0 Å². The van der Waals surface area contributed by atoms with E-state index in [9.17, 15) is 10.1 Å². The summed E-state index contributed by atoms with van der Waals surface area (Å²) < 4.78 is 4.90. The van der Waals surface area contributed by atoms with Gasteiger partial charge in [-0.1, -0.05) is 41.6 Å². The van der Waals surface area contributed by atoms with Gasteiger partial charge in [0.2, 0.25) is 0 Å². The zero-order valence-electron chi connectivity index (χ0n) is 11.8. The molecule has 0 aliphatic rings. The number of aryl methyl sites for hydroxylation is 1. The molecular formula is C14H14N4O3S. The molecule has 0 saturated carbocycles. The van der Waals surface area contributed by atoms with Crippen LogP contribution in [0.3, 0.4) is 0 Å². The van der Waals surface area contributed by atoms with Gasteiger partial charge in [0.05, 0.1) is 12.3 Å².